The highest BCUT2D eigenvalue weighted by Crippen LogP contribution is 2.25. The highest BCUT2D eigenvalue weighted by molar-refractivity contribution is 9.10. The van der Waals surface area contributed by atoms with E-state index in [4.69, 9.17) is 17.3 Å². The first-order valence-electron chi connectivity index (χ1n) is 6.38. The number of rotatable bonds is 5. The quantitative estimate of drug-likeness (QED) is 0.636. The van der Waals surface area contributed by atoms with Crippen LogP contribution < -0.4 is 5.73 Å². The molecule has 0 fully saturated rings. The summed E-state index contributed by atoms with van der Waals surface area (Å²) < 4.78 is 0.682. The van der Waals surface area contributed by atoms with Gasteiger partial charge in [-0.25, -0.2) is 0 Å². The van der Waals surface area contributed by atoms with E-state index in [1.165, 1.54) is 6.07 Å². The predicted octanol–water partition coefficient (Wildman–Crippen LogP) is 4.12. The van der Waals surface area contributed by atoms with Crippen molar-refractivity contribution < 1.29 is 4.92 Å². The van der Waals surface area contributed by atoms with Gasteiger partial charge in [0.25, 0.3) is 5.69 Å². The Morgan fingerprint density at radius 3 is 2.67 bits per heavy atom. The molecule has 0 heterocycles. The summed E-state index contributed by atoms with van der Waals surface area (Å²) in [5.41, 5.74) is 7.87. The lowest BCUT2D eigenvalue weighted by Crippen LogP contribution is -2.25. The maximum Gasteiger partial charge on any atom is 0.273 e. The van der Waals surface area contributed by atoms with Gasteiger partial charge in [0.2, 0.25) is 0 Å². The monoisotopic (exact) mass is 368 g/mol. The number of nitrogens with zero attached hydrogens (tertiary/aromatic N) is 1. The molecule has 0 bridgehead atoms. The van der Waals surface area contributed by atoms with Gasteiger partial charge in [0.05, 0.1) is 4.92 Å². The molecule has 0 saturated carbocycles. The van der Waals surface area contributed by atoms with E-state index in [9.17, 15) is 10.1 Å². The second-order valence-corrected chi connectivity index (χ2v) is 6.18. The maximum atomic E-state index is 11.1. The Hall–Kier alpha value is -1.43. The second kappa shape index (κ2) is 7.02. The lowest BCUT2D eigenvalue weighted by Gasteiger charge is -2.12. The van der Waals surface area contributed by atoms with Gasteiger partial charge < -0.3 is 5.73 Å². The highest BCUT2D eigenvalue weighted by Gasteiger charge is 2.17. The van der Waals surface area contributed by atoms with Gasteiger partial charge in [0.1, 0.15) is 0 Å². The average molecular weight is 370 g/mol. The van der Waals surface area contributed by atoms with Crippen LogP contribution in [-0.4, -0.2) is 11.0 Å². The van der Waals surface area contributed by atoms with Crippen LogP contribution in [0.5, 0.6) is 0 Å². The van der Waals surface area contributed by atoms with Crippen LogP contribution in [0.25, 0.3) is 0 Å². The lowest BCUT2D eigenvalue weighted by molar-refractivity contribution is -0.385. The molecule has 2 aromatic carbocycles. The number of nitrogens with two attached hydrogens (primary N) is 1. The molecule has 6 heteroatoms. The largest absolute Gasteiger partial charge is 0.327 e. The predicted molar refractivity (Wildman–Crippen MR) is 87.6 cm³/mol. The number of hydrogen-bond acceptors (Lipinski definition) is 3. The Morgan fingerprint density at radius 1 is 1.24 bits per heavy atom. The molecule has 2 N–H and O–H groups in total. The second-order valence-electron chi connectivity index (χ2n) is 4.83. The first-order valence-corrected chi connectivity index (χ1v) is 7.55. The molecule has 0 saturated heterocycles. The Labute approximate surface area is 136 Å². The van der Waals surface area contributed by atoms with E-state index in [2.05, 4.69) is 15.9 Å². The minimum absolute atomic E-state index is 0.0888. The van der Waals surface area contributed by atoms with Gasteiger partial charge in [-0.2, -0.15) is 0 Å². The molecule has 2 rings (SSSR count). The Kier molecular flexibility index (Phi) is 5.33. The SMILES string of the molecule is NC(Cc1cccc(Cl)c1)Cc1ccc(Br)cc1[N+](=O)[O-]. The zero-order valence-corrected chi connectivity index (χ0v) is 13.5. The summed E-state index contributed by atoms with van der Waals surface area (Å²) in [6, 6.07) is 12.3. The molecule has 0 amide bonds. The van der Waals surface area contributed by atoms with Gasteiger partial charge in [-0.05, 0) is 36.6 Å². The Balaban J connectivity index is 2.12. The van der Waals surface area contributed by atoms with Crippen molar-refractivity contribution in [3.05, 3.63) is 73.2 Å². The van der Waals surface area contributed by atoms with Crippen molar-refractivity contribution in [3.63, 3.8) is 0 Å². The van der Waals surface area contributed by atoms with Gasteiger partial charge in [0.15, 0.2) is 0 Å². The van der Waals surface area contributed by atoms with E-state index in [0.717, 1.165) is 5.56 Å². The summed E-state index contributed by atoms with van der Waals surface area (Å²) in [4.78, 5) is 10.7. The number of hydrogen-bond donors (Lipinski definition) is 1. The van der Waals surface area contributed by atoms with Crippen LogP contribution in [0.3, 0.4) is 0 Å². The van der Waals surface area contributed by atoms with E-state index in [1.54, 1.807) is 18.2 Å². The minimum atomic E-state index is -0.383. The van der Waals surface area contributed by atoms with Gasteiger partial charge in [-0.15, -0.1) is 0 Å². The maximum absolute atomic E-state index is 11.1. The summed E-state index contributed by atoms with van der Waals surface area (Å²) >= 11 is 9.18. The fraction of sp³-hybridized carbons (Fsp3) is 0.200. The third-order valence-corrected chi connectivity index (χ3v) is 3.84. The molecule has 0 radical (unpaired) electrons. The molecule has 0 aliphatic rings. The summed E-state index contributed by atoms with van der Waals surface area (Å²) in [5.74, 6) is 0. The number of nitro benzene ring substituents is 1. The molecule has 110 valence electrons. The minimum Gasteiger partial charge on any atom is -0.327 e. The zero-order valence-electron chi connectivity index (χ0n) is 11.1. The number of nitro groups is 1. The van der Waals surface area contributed by atoms with Crippen LogP contribution in [0.15, 0.2) is 46.9 Å². The molecular formula is C15H14BrClN2O2. The standard InChI is InChI=1S/C15H14BrClN2O2/c16-12-5-4-11(15(9-12)19(20)21)8-14(18)7-10-2-1-3-13(17)6-10/h1-6,9,14H,7-8,18H2. The third-order valence-electron chi connectivity index (χ3n) is 3.11. The molecule has 0 aliphatic carbocycles. The van der Waals surface area contributed by atoms with Gasteiger partial charge in [-0.1, -0.05) is 45.7 Å². The summed E-state index contributed by atoms with van der Waals surface area (Å²) in [6.07, 6.45) is 1.06. The molecule has 0 aromatic heterocycles. The summed E-state index contributed by atoms with van der Waals surface area (Å²) in [6.45, 7) is 0. The van der Waals surface area contributed by atoms with Crippen LogP contribution >= 0.6 is 27.5 Å². The molecule has 1 unspecified atom stereocenters. The lowest BCUT2D eigenvalue weighted by atomic mass is 9.99. The van der Waals surface area contributed by atoms with Crippen LogP contribution in [0, 0.1) is 10.1 Å². The molecular weight excluding hydrogens is 356 g/mol. The summed E-state index contributed by atoms with van der Waals surface area (Å²) in [7, 11) is 0. The van der Waals surface area contributed by atoms with Crippen molar-refractivity contribution in [2.24, 2.45) is 5.73 Å². The van der Waals surface area contributed by atoms with E-state index in [0.29, 0.717) is 27.9 Å². The van der Waals surface area contributed by atoms with Crippen LogP contribution in [0.2, 0.25) is 5.02 Å². The molecule has 2 aromatic rings. The molecule has 1 atom stereocenters. The number of benzene rings is 2. The van der Waals surface area contributed by atoms with Crippen molar-refractivity contribution in [2.75, 3.05) is 0 Å². The zero-order chi connectivity index (χ0) is 15.4. The van der Waals surface area contributed by atoms with Crippen molar-refractivity contribution in [1.29, 1.82) is 0 Å². The smallest absolute Gasteiger partial charge is 0.273 e. The molecule has 0 spiro atoms. The first-order chi connectivity index (χ1) is 9.95. The van der Waals surface area contributed by atoms with Crippen molar-refractivity contribution in [2.45, 2.75) is 18.9 Å². The fourth-order valence-electron chi connectivity index (χ4n) is 2.20. The van der Waals surface area contributed by atoms with Crippen molar-refractivity contribution >= 4 is 33.2 Å². The average Bonchev–Trinajstić information content (AvgIpc) is 2.40. The Bertz CT molecular complexity index is 664. The van der Waals surface area contributed by atoms with E-state index in [-0.39, 0.29) is 16.7 Å². The van der Waals surface area contributed by atoms with E-state index >= 15 is 0 Å². The normalized spacial score (nSPS) is 12.1. The fourth-order valence-corrected chi connectivity index (χ4v) is 2.76. The van der Waals surface area contributed by atoms with Crippen molar-refractivity contribution in [1.82, 2.24) is 0 Å². The first kappa shape index (κ1) is 15.9. The third kappa shape index (κ3) is 4.52. The van der Waals surface area contributed by atoms with Crippen LogP contribution in [0.4, 0.5) is 5.69 Å². The van der Waals surface area contributed by atoms with E-state index < -0.39 is 0 Å². The Morgan fingerprint density at radius 2 is 2.00 bits per heavy atom. The van der Waals surface area contributed by atoms with Crippen LogP contribution in [0.1, 0.15) is 11.1 Å². The van der Waals surface area contributed by atoms with Crippen molar-refractivity contribution in [3.8, 4) is 0 Å². The van der Waals surface area contributed by atoms with Crippen LogP contribution in [-0.2, 0) is 12.8 Å². The van der Waals surface area contributed by atoms with E-state index in [1.807, 2.05) is 18.2 Å². The van der Waals surface area contributed by atoms with Gasteiger partial charge in [0, 0.05) is 27.2 Å². The molecule has 4 nitrogen and oxygen atoms in total. The molecule has 21 heavy (non-hydrogen) atoms. The van der Waals surface area contributed by atoms with Gasteiger partial charge >= 0.3 is 0 Å². The highest BCUT2D eigenvalue weighted by atomic mass is 79.9. The van der Waals surface area contributed by atoms with Gasteiger partial charge in [-0.3, -0.25) is 10.1 Å². The summed E-state index contributed by atoms with van der Waals surface area (Å²) in [5, 5.41) is 11.7. The number of halogens is 2. The topological polar surface area (TPSA) is 69.2 Å². The molecule has 0 aliphatic heterocycles.